The standard InChI is InChI=1S/C84H54N2O2/c1-3-13-55(14-4-1)57-33-43-67(44-34-57)85(68-45-35-58(36-46-68)56-15-5-2-6-16-56)69-47-37-59(38-48-69)60-39-49-70(50-40-60)86-79-51-41-65(61-25-29-63(30-26-61)71-19-11-21-75-73-17-7-9-23-81(73)87-83(71)75)53-77(79)78-54-66(42-52-80(78)86)62-27-31-64(32-28-62)72-20-12-22-76-74-18-8-10-24-82(74)88-84(72)76/h1-54H. The van der Waals surface area contributed by atoms with Crippen molar-refractivity contribution in [3.05, 3.63) is 328 Å². The van der Waals surface area contributed by atoms with Crippen LogP contribution in [0.5, 0.6) is 0 Å². The second-order valence-corrected chi connectivity index (χ2v) is 22.8. The molecular formula is C84H54N2O2. The van der Waals surface area contributed by atoms with Crippen LogP contribution in [-0.2, 0) is 0 Å². The Morgan fingerprint density at radius 2 is 0.523 bits per heavy atom. The van der Waals surface area contributed by atoms with Crippen molar-refractivity contribution >= 4 is 82.7 Å². The molecule has 0 fully saturated rings. The Kier molecular flexibility index (Phi) is 12.2. The van der Waals surface area contributed by atoms with Crippen molar-refractivity contribution in [3.63, 3.8) is 0 Å². The maximum Gasteiger partial charge on any atom is 0.143 e. The first kappa shape index (κ1) is 50.8. The highest BCUT2D eigenvalue weighted by Gasteiger charge is 2.19. The zero-order valence-electron chi connectivity index (χ0n) is 47.9. The minimum atomic E-state index is 0.902. The fourth-order valence-corrected chi connectivity index (χ4v) is 13.2. The molecule has 17 aromatic rings. The monoisotopic (exact) mass is 1120 g/mol. The van der Waals surface area contributed by atoms with E-state index >= 15 is 0 Å². The summed E-state index contributed by atoms with van der Waals surface area (Å²) in [5.74, 6) is 0. The molecule has 4 heteroatoms. The zero-order valence-corrected chi connectivity index (χ0v) is 47.9. The molecule has 0 saturated heterocycles. The van der Waals surface area contributed by atoms with E-state index < -0.39 is 0 Å². The number of nitrogens with zero attached hydrogens (tertiary/aromatic N) is 2. The normalized spacial score (nSPS) is 11.6. The molecule has 4 nitrogen and oxygen atoms in total. The lowest BCUT2D eigenvalue weighted by atomic mass is 9.97. The molecule has 88 heavy (non-hydrogen) atoms. The average Bonchev–Trinajstić information content (AvgIpc) is 2.41. The van der Waals surface area contributed by atoms with E-state index in [1.165, 1.54) is 33.0 Å². The first-order valence-electron chi connectivity index (χ1n) is 30.0. The van der Waals surface area contributed by atoms with E-state index in [4.69, 9.17) is 8.83 Å². The number of rotatable bonds is 11. The van der Waals surface area contributed by atoms with Crippen molar-refractivity contribution in [2.45, 2.75) is 0 Å². The average molecular weight is 1120 g/mol. The number of para-hydroxylation sites is 4. The Morgan fingerprint density at radius 1 is 0.216 bits per heavy atom. The summed E-state index contributed by atoms with van der Waals surface area (Å²) in [5, 5.41) is 6.90. The first-order valence-corrected chi connectivity index (χ1v) is 30.0. The molecule has 0 aliphatic rings. The topological polar surface area (TPSA) is 34.5 Å². The number of benzene rings is 14. The largest absolute Gasteiger partial charge is 0.455 e. The van der Waals surface area contributed by atoms with Crippen LogP contribution < -0.4 is 4.90 Å². The van der Waals surface area contributed by atoms with Crippen LogP contribution in [0.2, 0.25) is 0 Å². The third-order valence-electron chi connectivity index (χ3n) is 17.7. The van der Waals surface area contributed by atoms with Crippen LogP contribution in [0.25, 0.3) is 149 Å². The summed E-state index contributed by atoms with van der Waals surface area (Å²) in [6.07, 6.45) is 0. The van der Waals surface area contributed by atoms with Crippen LogP contribution in [0.3, 0.4) is 0 Å². The van der Waals surface area contributed by atoms with Gasteiger partial charge >= 0.3 is 0 Å². The van der Waals surface area contributed by atoms with Crippen LogP contribution >= 0.6 is 0 Å². The Bertz CT molecular complexity index is 5130. The predicted octanol–water partition coefficient (Wildman–Crippen LogP) is 23.7. The van der Waals surface area contributed by atoms with Gasteiger partial charge in [0.15, 0.2) is 0 Å². The molecule has 0 saturated carbocycles. The van der Waals surface area contributed by atoms with E-state index in [1.54, 1.807) is 0 Å². The summed E-state index contributed by atoms with van der Waals surface area (Å²) in [6, 6.07) is 118. The number of hydrogen-bond donors (Lipinski definition) is 0. The number of aromatic nitrogens is 1. The van der Waals surface area contributed by atoms with Crippen LogP contribution in [0.15, 0.2) is 336 Å². The fourth-order valence-electron chi connectivity index (χ4n) is 13.2. The molecular weight excluding hydrogens is 1070 g/mol. The molecule has 17 rings (SSSR count). The summed E-state index contributed by atoms with van der Waals surface area (Å²) >= 11 is 0. The quantitative estimate of drug-likeness (QED) is 0.129. The molecule has 0 amide bonds. The summed E-state index contributed by atoms with van der Waals surface area (Å²) in [6.45, 7) is 0. The van der Waals surface area contributed by atoms with E-state index in [-0.39, 0.29) is 0 Å². The lowest BCUT2D eigenvalue weighted by molar-refractivity contribution is 0.669. The molecule has 0 bridgehead atoms. The van der Waals surface area contributed by atoms with Crippen molar-refractivity contribution in [3.8, 4) is 83.6 Å². The van der Waals surface area contributed by atoms with Gasteiger partial charge in [0.2, 0.25) is 0 Å². The molecule has 14 aromatic carbocycles. The summed E-state index contributed by atoms with van der Waals surface area (Å²) < 4.78 is 15.3. The molecule has 3 heterocycles. The molecule has 412 valence electrons. The van der Waals surface area contributed by atoms with Gasteiger partial charge in [-0.2, -0.15) is 0 Å². The van der Waals surface area contributed by atoms with Gasteiger partial charge in [0.1, 0.15) is 22.3 Å². The molecule has 0 aliphatic heterocycles. The van der Waals surface area contributed by atoms with Crippen molar-refractivity contribution in [2.24, 2.45) is 0 Å². The molecule has 0 unspecified atom stereocenters. The van der Waals surface area contributed by atoms with Crippen molar-refractivity contribution in [1.82, 2.24) is 4.57 Å². The van der Waals surface area contributed by atoms with E-state index in [0.29, 0.717) is 0 Å². The van der Waals surface area contributed by atoms with Gasteiger partial charge in [-0.25, -0.2) is 0 Å². The van der Waals surface area contributed by atoms with Crippen LogP contribution in [0.4, 0.5) is 17.1 Å². The zero-order chi connectivity index (χ0) is 58.1. The lowest BCUT2D eigenvalue weighted by Gasteiger charge is -2.26. The van der Waals surface area contributed by atoms with Crippen molar-refractivity contribution in [2.75, 3.05) is 4.90 Å². The summed E-state index contributed by atoms with van der Waals surface area (Å²) in [5.41, 5.74) is 26.3. The fraction of sp³-hybridized carbons (Fsp3) is 0. The van der Waals surface area contributed by atoms with Gasteiger partial charge in [-0.15, -0.1) is 0 Å². The Morgan fingerprint density at radius 3 is 0.932 bits per heavy atom. The highest BCUT2D eigenvalue weighted by molar-refractivity contribution is 6.13. The van der Waals surface area contributed by atoms with Gasteiger partial charge in [-0.05, 0) is 152 Å². The number of furan rings is 2. The maximum atomic E-state index is 6.46. The third-order valence-corrected chi connectivity index (χ3v) is 17.7. The van der Waals surface area contributed by atoms with Gasteiger partial charge in [0.05, 0.1) is 11.0 Å². The third kappa shape index (κ3) is 8.85. The SMILES string of the molecule is c1ccc(-c2ccc(N(c3ccc(-c4ccccc4)cc3)c3ccc(-c4ccc(-n5c6ccc(-c7ccc(-c8cccc9c8oc8ccccc89)cc7)cc6c6cc(-c7ccc(-c8cccc9c8oc8ccccc89)cc7)ccc65)cc4)cc3)cc2)cc1. The van der Waals surface area contributed by atoms with Gasteiger partial charge in [-0.3, -0.25) is 0 Å². The van der Waals surface area contributed by atoms with Crippen LogP contribution in [-0.4, -0.2) is 4.57 Å². The molecule has 0 radical (unpaired) electrons. The van der Waals surface area contributed by atoms with Gasteiger partial charge in [0.25, 0.3) is 0 Å². The second kappa shape index (κ2) is 21.1. The molecule has 0 atom stereocenters. The highest BCUT2D eigenvalue weighted by atomic mass is 16.3. The molecule has 0 aliphatic carbocycles. The molecule has 0 N–H and O–H groups in total. The summed E-state index contributed by atoms with van der Waals surface area (Å²) in [7, 11) is 0. The molecule has 3 aromatic heterocycles. The first-order chi connectivity index (χ1) is 43.6. The Labute approximate surface area is 509 Å². The van der Waals surface area contributed by atoms with Gasteiger partial charge in [-0.1, -0.05) is 243 Å². The van der Waals surface area contributed by atoms with Crippen molar-refractivity contribution in [1.29, 1.82) is 0 Å². The maximum absolute atomic E-state index is 6.46. The van der Waals surface area contributed by atoms with Crippen LogP contribution in [0, 0.1) is 0 Å². The smallest absolute Gasteiger partial charge is 0.143 e. The van der Waals surface area contributed by atoms with E-state index in [2.05, 4.69) is 313 Å². The Balaban J connectivity index is 0.722. The second-order valence-electron chi connectivity index (χ2n) is 22.8. The van der Waals surface area contributed by atoms with Crippen LogP contribution in [0.1, 0.15) is 0 Å². The minimum absolute atomic E-state index is 0.902. The minimum Gasteiger partial charge on any atom is -0.455 e. The lowest BCUT2D eigenvalue weighted by Crippen LogP contribution is -2.09. The number of anilines is 3. The van der Waals surface area contributed by atoms with Gasteiger partial charge < -0.3 is 18.3 Å². The molecule has 0 spiro atoms. The summed E-state index contributed by atoms with van der Waals surface area (Å²) in [4.78, 5) is 2.34. The Hall–Kier alpha value is -11.7. The van der Waals surface area contributed by atoms with E-state index in [0.717, 1.165) is 133 Å². The highest BCUT2D eigenvalue weighted by Crippen LogP contribution is 2.43. The van der Waals surface area contributed by atoms with Gasteiger partial charge in [0, 0.05) is 66.2 Å². The predicted molar refractivity (Wildman–Crippen MR) is 368 cm³/mol. The number of hydrogen-bond acceptors (Lipinski definition) is 3. The van der Waals surface area contributed by atoms with E-state index in [9.17, 15) is 0 Å². The number of fused-ring (bicyclic) bond motifs is 9. The van der Waals surface area contributed by atoms with Crippen molar-refractivity contribution < 1.29 is 8.83 Å². The van der Waals surface area contributed by atoms with E-state index in [1.807, 2.05) is 24.3 Å².